The fourth-order valence-electron chi connectivity index (χ4n) is 2.76. The van der Waals surface area contributed by atoms with E-state index in [4.69, 9.17) is 5.73 Å². The van der Waals surface area contributed by atoms with Gasteiger partial charge in [0, 0.05) is 23.4 Å². The summed E-state index contributed by atoms with van der Waals surface area (Å²) in [5, 5.41) is 26.2. The summed E-state index contributed by atoms with van der Waals surface area (Å²) >= 11 is 2.75. The lowest BCUT2D eigenvalue weighted by molar-refractivity contribution is -0.115. The average molecular weight is 420 g/mol. The Morgan fingerprint density at radius 2 is 2.00 bits per heavy atom. The van der Waals surface area contributed by atoms with E-state index in [1.807, 2.05) is 48.0 Å². The fraction of sp³-hybridized carbons (Fsp3) is 0.143. The molecule has 6 nitrogen and oxygen atoms in total. The number of carbonyl (C=O) groups excluding carboxylic acids is 1. The Kier molecular flexibility index (Phi) is 6.50. The van der Waals surface area contributed by atoms with Gasteiger partial charge in [-0.2, -0.15) is 21.9 Å². The molecule has 3 rings (SSSR count). The summed E-state index contributed by atoms with van der Waals surface area (Å²) in [6, 6.07) is 13.6. The number of hydrogen-bond donors (Lipinski definition) is 2. The predicted octanol–water partition coefficient (Wildman–Crippen LogP) is 4.56. The van der Waals surface area contributed by atoms with Crippen LogP contribution in [-0.4, -0.2) is 16.6 Å². The highest BCUT2D eigenvalue weighted by atomic mass is 32.2. The van der Waals surface area contributed by atoms with E-state index in [0.29, 0.717) is 21.9 Å². The maximum atomic E-state index is 12.3. The smallest absolute Gasteiger partial charge is 0.225 e. The van der Waals surface area contributed by atoms with Crippen LogP contribution in [0.1, 0.15) is 23.1 Å². The van der Waals surface area contributed by atoms with Crippen LogP contribution in [0.3, 0.4) is 0 Å². The Balaban J connectivity index is 1.78. The Morgan fingerprint density at radius 3 is 2.66 bits per heavy atom. The third-order valence-corrected chi connectivity index (χ3v) is 5.87. The van der Waals surface area contributed by atoms with Crippen molar-refractivity contribution in [1.29, 1.82) is 10.5 Å². The van der Waals surface area contributed by atoms with Crippen molar-refractivity contribution in [2.24, 2.45) is 0 Å². The quantitative estimate of drug-likeness (QED) is 0.566. The van der Waals surface area contributed by atoms with Gasteiger partial charge in [-0.1, -0.05) is 18.2 Å². The SMILES string of the molecule is Cc1ccccc1NC(=O)CCSc1nc(N)c(C#N)c(-c2ccsc2)c1C#N. The first-order valence-corrected chi connectivity index (χ1v) is 10.6. The highest BCUT2D eigenvalue weighted by Gasteiger charge is 2.20. The number of nitrogens with zero attached hydrogens (tertiary/aromatic N) is 3. The zero-order valence-electron chi connectivity index (χ0n) is 15.6. The van der Waals surface area contributed by atoms with E-state index in [1.165, 1.54) is 23.1 Å². The van der Waals surface area contributed by atoms with E-state index in [-0.39, 0.29) is 23.7 Å². The number of amides is 1. The number of nitrogens with one attached hydrogen (secondary N) is 1. The molecule has 0 saturated heterocycles. The van der Waals surface area contributed by atoms with E-state index in [0.717, 1.165) is 16.8 Å². The van der Waals surface area contributed by atoms with Gasteiger partial charge in [0.2, 0.25) is 5.91 Å². The van der Waals surface area contributed by atoms with E-state index >= 15 is 0 Å². The van der Waals surface area contributed by atoms with Crippen LogP contribution in [0.15, 0.2) is 46.1 Å². The molecular formula is C21H17N5OS2. The third kappa shape index (κ3) is 4.57. The van der Waals surface area contributed by atoms with Gasteiger partial charge in [-0.3, -0.25) is 4.79 Å². The van der Waals surface area contributed by atoms with E-state index < -0.39 is 0 Å². The van der Waals surface area contributed by atoms with Gasteiger partial charge in [-0.25, -0.2) is 4.98 Å². The molecule has 3 N–H and O–H groups in total. The van der Waals surface area contributed by atoms with Crippen LogP contribution in [0.5, 0.6) is 0 Å². The summed E-state index contributed by atoms with van der Waals surface area (Å²) in [5.74, 6) is 0.387. The van der Waals surface area contributed by atoms with Crippen molar-refractivity contribution in [3.05, 3.63) is 57.8 Å². The van der Waals surface area contributed by atoms with Crippen molar-refractivity contribution in [3.63, 3.8) is 0 Å². The van der Waals surface area contributed by atoms with Gasteiger partial charge in [0.05, 0.1) is 5.56 Å². The number of nitriles is 2. The maximum Gasteiger partial charge on any atom is 0.225 e. The fourth-order valence-corrected chi connectivity index (χ4v) is 4.35. The minimum absolute atomic E-state index is 0.0829. The summed E-state index contributed by atoms with van der Waals surface area (Å²) in [7, 11) is 0. The summed E-state index contributed by atoms with van der Waals surface area (Å²) in [6.07, 6.45) is 0.249. The number of thioether (sulfide) groups is 1. The molecule has 0 aliphatic rings. The van der Waals surface area contributed by atoms with E-state index in [2.05, 4.69) is 22.4 Å². The highest BCUT2D eigenvalue weighted by molar-refractivity contribution is 7.99. The summed E-state index contributed by atoms with van der Waals surface area (Å²) in [4.78, 5) is 16.5. The van der Waals surface area contributed by atoms with Crippen LogP contribution >= 0.6 is 23.1 Å². The Morgan fingerprint density at radius 1 is 1.24 bits per heavy atom. The minimum atomic E-state index is -0.120. The molecule has 0 radical (unpaired) electrons. The van der Waals surface area contributed by atoms with Gasteiger partial charge < -0.3 is 11.1 Å². The first-order chi connectivity index (χ1) is 14.0. The van der Waals surface area contributed by atoms with Crippen molar-refractivity contribution >= 4 is 40.5 Å². The van der Waals surface area contributed by atoms with Crippen molar-refractivity contribution in [1.82, 2.24) is 4.98 Å². The van der Waals surface area contributed by atoms with Crippen molar-refractivity contribution in [2.45, 2.75) is 18.4 Å². The lowest BCUT2D eigenvalue weighted by atomic mass is 9.99. The van der Waals surface area contributed by atoms with Gasteiger partial charge >= 0.3 is 0 Å². The van der Waals surface area contributed by atoms with Gasteiger partial charge in [0.15, 0.2) is 0 Å². The lowest BCUT2D eigenvalue weighted by Gasteiger charge is -2.12. The molecule has 0 aliphatic carbocycles. The molecule has 144 valence electrons. The van der Waals surface area contributed by atoms with Crippen LogP contribution in [0.2, 0.25) is 0 Å². The first kappa shape index (κ1) is 20.4. The first-order valence-electron chi connectivity index (χ1n) is 8.69. The Hall–Kier alpha value is -3.33. The van der Waals surface area contributed by atoms with Crippen LogP contribution in [-0.2, 0) is 4.79 Å². The highest BCUT2D eigenvalue weighted by Crippen LogP contribution is 2.36. The Labute approximate surface area is 177 Å². The molecule has 29 heavy (non-hydrogen) atoms. The second-order valence-electron chi connectivity index (χ2n) is 6.12. The van der Waals surface area contributed by atoms with E-state index in [9.17, 15) is 15.3 Å². The second-order valence-corrected chi connectivity index (χ2v) is 7.99. The number of nitrogen functional groups attached to an aromatic ring is 1. The average Bonchev–Trinajstić information content (AvgIpc) is 3.23. The number of para-hydroxylation sites is 1. The van der Waals surface area contributed by atoms with Gasteiger partial charge in [-0.05, 0) is 40.9 Å². The van der Waals surface area contributed by atoms with Crippen LogP contribution in [0, 0.1) is 29.6 Å². The number of hydrogen-bond acceptors (Lipinski definition) is 7. The van der Waals surface area contributed by atoms with Crippen LogP contribution in [0.25, 0.3) is 11.1 Å². The minimum Gasteiger partial charge on any atom is -0.383 e. The number of nitrogens with two attached hydrogens (primary N) is 1. The van der Waals surface area contributed by atoms with Crippen LogP contribution < -0.4 is 11.1 Å². The van der Waals surface area contributed by atoms with Crippen LogP contribution in [0.4, 0.5) is 11.5 Å². The lowest BCUT2D eigenvalue weighted by Crippen LogP contribution is -2.13. The Bertz CT molecular complexity index is 1130. The topological polar surface area (TPSA) is 116 Å². The molecule has 0 aliphatic heterocycles. The van der Waals surface area contributed by atoms with Gasteiger partial charge in [-0.15, -0.1) is 11.8 Å². The van der Waals surface area contributed by atoms with E-state index in [1.54, 1.807) is 0 Å². The molecule has 1 aromatic carbocycles. The number of anilines is 2. The maximum absolute atomic E-state index is 12.3. The van der Waals surface area contributed by atoms with Crippen molar-refractivity contribution in [3.8, 4) is 23.3 Å². The predicted molar refractivity (Wildman–Crippen MR) is 117 cm³/mol. The molecule has 0 atom stereocenters. The number of aromatic nitrogens is 1. The van der Waals surface area contributed by atoms with Gasteiger partial charge in [0.25, 0.3) is 0 Å². The standard InChI is InChI=1S/C21H17N5OS2/c1-13-4-2-3-5-17(13)25-18(27)7-9-29-21-16(11-23)19(14-6-8-28-12-14)15(10-22)20(24)26-21/h2-6,8,12H,7,9H2,1H3,(H2,24,26)(H,25,27). The normalized spacial score (nSPS) is 10.2. The van der Waals surface area contributed by atoms with Crippen molar-refractivity contribution < 1.29 is 4.79 Å². The molecule has 0 bridgehead atoms. The number of carbonyl (C=O) groups is 1. The largest absolute Gasteiger partial charge is 0.383 e. The number of aryl methyl sites for hydroxylation is 1. The molecule has 3 aromatic rings. The summed E-state index contributed by atoms with van der Waals surface area (Å²) in [6.45, 7) is 1.93. The molecule has 0 saturated carbocycles. The number of pyridine rings is 1. The zero-order chi connectivity index (χ0) is 20.8. The number of benzene rings is 1. The molecule has 2 aromatic heterocycles. The monoisotopic (exact) mass is 419 g/mol. The molecule has 2 heterocycles. The number of rotatable bonds is 6. The molecule has 0 spiro atoms. The van der Waals surface area contributed by atoms with Crippen molar-refractivity contribution in [2.75, 3.05) is 16.8 Å². The second kappa shape index (κ2) is 9.24. The molecule has 8 heteroatoms. The molecule has 0 fully saturated rings. The summed E-state index contributed by atoms with van der Waals surface area (Å²) in [5.41, 5.74) is 9.50. The molecule has 1 amide bonds. The summed E-state index contributed by atoms with van der Waals surface area (Å²) < 4.78 is 0. The van der Waals surface area contributed by atoms with Gasteiger partial charge in [0.1, 0.15) is 28.5 Å². The molecule has 0 unspecified atom stereocenters. The number of thiophene rings is 1. The zero-order valence-corrected chi connectivity index (χ0v) is 17.2. The molecular weight excluding hydrogens is 402 g/mol. The third-order valence-electron chi connectivity index (χ3n) is 4.21.